The molecule has 404 valence electrons. The van der Waals surface area contributed by atoms with Crippen molar-refractivity contribution in [1.29, 1.82) is 0 Å². The molecule has 0 unspecified atom stereocenters. The molecule has 3 fully saturated rings. The largest absolute Gasteiger partial charge is 0.508 e. The number of ketones is 2. The highest BCUT2D eigenvalue weighted by Crippen LogP contribution is 2.31. The van der Waals surface area contributed by atoms with Crippen molar-refractivity contribution in [2.75, 3.05) is 19.7 Å². The predicted molar refractivity (Wildman–Crippen MR) is 259 cm³/mol. The Balaban J connectivity index is 1.51. The summed E-state index contributed by atoms with van der Waals surface area (Å²) in [6, 6.07) is 3.69. The first-order valence-electron chi connectivity index (χ1n) is 25.1. The standard InChI is InChI=1S/C51H73N5O17/c1-5-6-7-8-9-10-19-73-34-17-13-29(14-18-34)37(61)20-31-21-39(63)48(69)54-49(70)42-43(64)26(2)24-56(42)51(72)41(28(4)58)53-47(68)35(45(66)44(65)30-11-15-32(59)16-12-30)23-38(62)36-22-33(60)25-55(36)50(71)40(27(3)57)52-46(31)67/h11-18,26-28,31,33,35-36,39-45,48,57-60,63-66,69H,5-10,19-25H2,1-4H3,(H,52,67)(H,53,68)(H,54,70)/t26-,27+,28+,31-,33+,35-,36-,39+,40-,41-,42-,43-,44-,45-,48+/m0/s1. The highest BCUT2D eigenvalue weighted by molar-refractivity contribution is 6.00. The Bertz CT molecular complexity index is 2210. The summed E-state index contributed by atoms with van der Waals surface area (Å²) in [5, 5.41) is 106. The van der Waals surface area contributed by atoms with Crippen LogP contribution in [-0.2, 0) is 28.8 Å². The van der Waals surface area contributed by atoms with Crippen LogP contribution in [0, 0.1) is 17.8 Å². The Morgan fingerprint density at radius 1 is 0.726 bits per heavy atom. The number of aliphatic hydroxyl groups excluding tert-OH is 8. The zero-order chi connectivity index (χ0) is 53.8. The topological polar surface area (TPSA) is 353 Å². The summed E-state index contributed by atoms with van der Waals surface area (Å²) in [5.74, 6) is -11.5. The van der Waals surface area contributed by atoms with Crippen LogP contribution in [0.15, 0.2) is 48.5 Å². The van der Waals surface area contributed by atoms with Gasteiger partial charge in [-0.05, 0) is 68.7 Å². The van der Waals surface area contributed by atoms with Gasteiger partial charge in [-0.3, -0.25) is 33.6 Å². The molecule has 5 rings (SSSR count). The Hall–Kier alpha value is -5.59. The first-order chi connectivity index (χ1) is 34.5. The van der Waals surface area contributed by atoms with Gasteiger partial charge in [-0.2, -0.15) is 0 Å². The van der Waals surface area contributed by atoms with Crippen LogP contribution in [-0.4, -0.2) is 184 Å². The van der Waals surface area contributed by atoms with Gasteiger partial charge in [0.2, 0.25) is 29.5 Å². The Kier molecular flexibility index (Phi) is 21.2. The van der Waals surface area contributed by atoms with E-state index in [9.17, 15) is 79.5 Å². The van der Waals surface area contributed by atoms with E-state index in [0.29, 0.717) is 12.4 Å². The zero-order valence-corrected chi connectivity index (χ0v) is 41.7. The fourth-order valence-electron chi connectivity index (χ4n) is 9.57. The number of nitrogens with one attached hydrogen (secondary N) is 3. The number of nitrogens with zero attached hydrogens (tertiary/aromatic N) is 2. The molecule has 15 atom stereocenters. The minimum atomic E-state index is -2.23. The number of rotatable bonds is 16. The van der Waals surface area contributed by atoms with E-state index in [4.69, 9.17) is 4.74 Å². The summed E-state index contributed by atoms with van der Waals surface area (Å²) in [4.78, 5) is 101. The molecule has 0 aromatic heterocycles. The lowest BCUT2D eigenvalue weighted by molar-refractivity contribution is -0.149. The first-order valence-corrected chi connectivity index (χ1v) is 25.1. The normalized spacial score (nSPS) is 29.7. The van der Waals surface area contributed by atoms with Crippen molar-refractivity contribution in [2.24, 2.45) is 17.8 Å². The second-order valence-corrected chi connectivity index (χ2v) is 19.8. The molecule has 3 saturated heterocycles. The molecule has 3 aliphatic rings. The number of aliphatic hydroxyl groups is 8. The summed E-state index contributed by atoms with van der Waals surface area (Å²) in [6.07, 6.45) is -11.3. The van der Waals surface area contributed by atoms with Crippen LogP contribution in [0.1, 0.15) is 114 Å². The van der Waals surface area contributed by atoms with Gasteiger partial charge in [-0.25, -0.2) is 0 Å². The van der Waals surface area contributed by atoms with Gasteiger partial charge >= 0.3 is 0 Å². The number of carbonyl (C=O) groups is 7. The highest BCUT2D eigenvalue weighted by Gasteiger charge is 2.50. The molecule has 0 spiro atoms. The van der Waals surface area contributed by atoms with E-state index in [1.54, 1.807) is 12.1 Å². The quantitative estimate of drug-likeness (QED) is 0.0715. The third-order valence-electron chi connectivity index (χ3n) is 14.0. The maximum Gasteiger partial charge on any atom is 0.248 e. The molecule has 22 nitrogen and oxygen atoms in total. The Morgan fingerprint density at radius 2 is 1.32 bits per heavy atom. The second kappa shape index (κ2) is 26.6. The molecule has 22 heteroatoms. The smallest absolute Gasteiger partial charge is 0.248 e. The van der Waals surface area contributed by atoms with Crippen molar-refractivity contribution in [1.82, 2.24) is 25.8 Å². The molecular weight excluding hydrogens is 955 g/mol. The molecular formula is C51H73N5O17. The number of Topliss-reactive ketones (excluding diaryl/α,β-unsaturated/α-hetero) is 2. The SMILES string of the molecule is CCCCCCCCOc1ccc(C(=O)C[C@H]2C[C@@H](O)[C@@H](O)NC(=O)[C@@H]3[C@@H](O)[C@@H](C)CN3C(=O)[C@H]([C@@H](C)O)NC(=O)[C@H]([C@H](O)[C@@H](O)c3ccc(O)cc3)CC(=O)[C@@H]3C[C@@H](O)CN3C(=O)[C@H]([C@@H](C)O)NC2=O)cc1. The van der Waals surface area contributed by atoms with Crippen molar-refractivity contribution in [3.63, 3.8) is 0 Å². The molecule has 12 N–H and O–H groups in total. The van der Waals surface area contributed by atoms with Crippen LogP contribution >= 0.6 is 0 Å². The number of amides is 5. The molecule has 0 radical (unpaired) electrons. The van der Waals surface area contributed by atoms with Gasteiger partial charge < -0.3 is 76.4 Å². The minimum absolute atomic E-state index is 0.0255. The number of phenolic OH excluding ortho intramolecular Hbond substituents is 1. The fourth-order valence-corrected chi connectivity index (χ4v) is 9.57. The summed E-state index contributed by atoms with van der Waals surface area (Å²) in [7, 11) is 0. The maximum absolute atomic E-state index is 14.4. The number of benzene rings is 2. The predicted octanol–water partition coefficient (Wildman–Crippen LogP) is -0.910. The van der Waals surface area contributed by atoms with E-state index in [-0.39, 0.29) is 23.4 Å². The summed E-state index contributed by atoms with van der Waals surface area (Å²) < 4.78 is 5.83. The number of carbonyl (C=O) groups excluding carboxylic acids is 7. The van der Waals surface area contributed by atoms with Crippen LogP contribution in [0.3, 0.4) is 0 Å². The third kappa shape index (κ3) is 15.0. The van der Waals surface area contributed by atoms with E-state index >= 15 is 0 Å². The summed E-state index contributed by atoms with van der Waals surface area (Å²) >= 11 is 0. The van der Waals surface area contributed by atoms with E-state index < -0.39 is 164 Å². The molecule has 3 heterocycles. The zero-order valence-electron chi connectivity index (χ0n) is 41.7. The van der Waals surface area contributed by atoms with Crippen LogP contribution in [0.4, 0.5) is 0 Å². The Morgan fingerprint density at radius 3 is 1.93 bits per heavy atom. The fraction of sp³-hybridized carbons (Fsp3) is 0.627. The van der Waals surface area contributed by atoms with Crippen molar-refractivity contribution >= 4 is 41.1 Å². The molecule has 0 bridgehead atoms. The lowest BCUT2D eigenvalue weighted by atomic mass is 9.86. The van der Waals surface area contributed by atoms with Gasteiger partial charge in [0, 0.05) is 49.8 Å². The molecule has 2 aromatic carbocycles. The van der Waals surface area contributed by atoms with Crippen LogP contribution in [0.25, 0.3) is 0 Å². The first kappa shape index (κ1) is 58.3. The van der Waals surface area contributed by atoms with E-state index in [1.165, 1.54) is 43.3 Å². The third-order valence-corrected chi connectivity index (χ3v) is 14.0. The molecule has 0 saturated carbocycles. The van der Waals surface area contributed by atoms with E-state index in [2.05, 4.69) is 22.9 Å². The van der Waals surface area contributed by atoms with E-state index in [0.717, 1.165) is 62.2 Å². The number of aromatic hydroxyl groups is 1. The number of fused-ring (bicyclic) bond motifs is 2. The second-order valence-electron chi connectivity index (χ2n) is 19.8. The Labute approximate surface area is 423 Å². The van der Waals surface area contributed by atoms with Gasteiger partial charge in [-0.15, -0.1) is 0 Å². The van der Waals surface area contributed by atoms with Crippen molar-refractivity contribution in [2.45, 2.75) is 165 Å². The van der Waals surface area contributed by atoms with Crippen LogP contribution in [0.2, 0.25) is 0 Å². The number of ether oxygens (including phenoxy) is 1. The lowest BCUT2D eigenvalue weighted by Crippen LogP contribution is -2.60. The van der Waals surface area contributed by atoms with Gasteiger partial charge in [0.25, 0.3) is 0 Å². The van der Waals surface area contributed by atoms with Gasteiger partial charge in [0.15, 0.2) is 17.8 Å². The van der Waals surface area contributed by atoms with Crippen LogP contribution < -0.4 is 20.7 Å². The average molecular weight is 1030 g/mol. The van der Waals surface area contributed by atoms with Crippen molar-refractivity contribution in [3.05, 3.63) is 59.7 Å². The maximum atomic E-state index is 14.4. The molecule has 3 aliphatic heterocycles. The summed E-state index contributed by atoms with van der Waals surface area (Å²) in [5.41, 5.74) is 0.0972. The highest BCUT2D eigenvalue weighted by atomic mass is 16.5. The van der Waals surface area contributed by atoms with Crippen molar-refractivity contribution < 1.29 is 84.3 Å². The van der Waals surface area contributed by atoms with E-state index in [1.807, 2.05) is 0 Å². The van der Waals surface area contributed by atoms with Gasteiger partial charge in [-0.1, -0.05) is 58.1 Å². The number of hydrogen-bond acceptors (Lipinski definition) is 17. The minimum Gasteiger partial charge on any atom is -0.508 e. The lowest BCUT2D eigenvalue weighted by Gasteiger charge is -2.33. The molecule has 2 aromatic rings. The number of unbranched alkanes of at least 4 members (excludes halogenated alkanes) is 5. The number of phenols is 1. The summed E-state index contributed by atoms with van der Waals surface area (Å²) in [6.45, 7) is 5.46. The number of hydrogen-bond donors (Lipinski definition) is 12. The van der Waals surface area contributed by atoms with Crippen molar-refractivity contribution in [3.8, 4) is 11.5 Å². The van der Waals surface area contributed by atoms with Gasteiger partial charge in [0.1, 0.15) is 35.7 Å². The van der Waals surface area contributed by atoms with Crippen LogP contribution in [0.5, 0.6) is 11.5 Å². The molecule has 5 amide bonds. The molecule has 0 aliphatic carbocycles. The molecule has 73 heavy (non-hydrogen) atoms. The monoisotopic (exact) mass is 1030 g/mol. The average Bonchev–Trinajstić information content (AvgIpc) is 3.90. The van der Waals surface area contributed by atoms with Gasteiger partial charge in [0.05, 0.1) is 55.2 Å².